The van der Waals surface area contributed by atoms with Gasteiger partial charge in [0.15, 0.2) is 0 Å². The van der Waals surface area contributed by atoms with Crippen molar-refractivity contribution in [3.8, 4) is 5.75 Å². The lowest BCUT2D eigenvalue weighted by molar-refractivity contribution is 0.0260. The van der Waals surface area contributed by atoms with E-state index in [4.69, 9.17) is 14.2 Å². The fraction of sp³-hybridized carbons (Fsp3) is 0.571. The first-order valence-electron chi connectivity index (χ1n) is 6.24. The Balaban J connectivity index is 1.75. The van der Waals surface area contributed by atoms with Crippen LogP contribution in [0.3, 0.4) is 0 Å². The third-order valence-electron chi connectivity index (χ3n) is 3.36. The minimum absolute atomic E-state index is 0.176. The molecular formula is C14H18O3. The van der Waals surface area contributed by atoms with Gasteiger partial charge in [-0.3, -0.25) is 0 Å². The maximum Gasteiger partial charge on any atom is 0.124 e. The summed E-state index contributed by atoms with van der Waals surface area (Å²) in [4.78, 5) is 0. The Kier molecular flexibility index (Phi) is 3.04. The zero-order chi connectivity index (χ0) is 11.7. The van der Waals surface area contributed by atoms with Crippen molar-refractivity contribution in [1.29, 1.82) is 0 Å². The fourth-order valence-corrected chi connectivity index (χ4v) is 2.16. The Labute approximate surface area is 102 Å². The van der Waals surface area contributed by atoms with Gasteiger partial charge in [0.1, 0.15) is 11.9 Å². The molecule has 0 aromatic heterocycles. The quantitative estimate of drug-likeness (QED) is 0.709. The van der Waals surface area contributed by atoms with Crippen LogP contribution in [0, 0.1) is 5.92 Å². The van der Waals surface area contributed by atoms with Crippen molar-refractivity contribution < 1.29 is 14.2 Å². The number of ether oxygens (including phenoxy) is 3. The Morgan fingerprint density at radius 2 is 2.12 bits per heavy atom. The van der Waals surface area contributed by atoms with Crippen LogP contribution >= 0.6 is 0 Å². The summed E-state index contributed by atoms with van der Waals surface area (Å²) in [6.45, 7) is 1.56. The molecule has 17 heavy (non-hydrogen) atoms. The van der Waals surface area contributed by atoms with E-state index in [0.29, 0.717) is 18.6 Å². The molecule has 3 nitrogen and oxygen atoms in total. The molecule has 1 heterocycles. The fourth-order valence-electron chi connectivity index (χ4n) is 2.16. The van der Waals surface area contributed by atoms with Gasteiger partial charge in [-0.25, -0.2) is 0 Å². The SMILES string of the molecule is COc1ccccc1C(OCC1CO1)C1CC1. The van der Waals surface area contributed by atoms with Crippen LogP contribution in [-0.2, 0) is 9.47 Å². The molecule has 1 aliphatic heterocycles. The van der Waals surface area contributed by atoms with Gasteiger partial charge in [0, 0.05) is 5.56 Å². The molecule has 2 unspecified atom stereocenters. The lowest BCUT2D eigenvalue weighted by Crippen LogP contribution is -2.12. The van der Waals surface area contributed by atoms with Gasteiger partial charge in [-0.1, -0.05) is 18.2 Å². The number of rotatable bonds is 6. The van der Waals surface area contributed by atoms with Gasteiger partial charge in [0.05, 0.1) is 26.4 Å². The van der Waals surface area contributed by atoms with E-state index in [0.717, 1.165) is 12.4 Å². The van der Waals surface area contributed by atoms with E-state index < -0.39 is 0 Å². The highest BCUT2D eigenvalue weighted by molar-refractivity contribution is 5.36. The summed E-state index contributed by atoms with van der Waals surface area (Å²) < 4.78 is 16.6. The second-order valence-corrected chi connectivity index (χ2v) is 4.79. The van der Waals surface area contributed by atoms with E-state index in [-0.39, 0.29) is 6.10 Å². The number of para-hydroxylation sites is 1. The lowest BCUT2D eigenvalue weighted by Gasteiger charge is -2.19. The summed E-state index contributed by atoms with van der Waals surface area (Å²) in [5, 5.41) is 0. The summed E-state index contributed by atoms with van der Waals surface area (Å²) in [6.07, 6.45) is 3.02. The molecule has 0 radical (unpaired) electrons. The molecular weight excluding hydrogens is 216 g/mol. The van der Waals surface area contributed by atoms with Gasteiger partial charge in [-0.2, -0.15) is 0 Å². The van der Waals surface area contributed by atoms with Crippen molar-refractivity contribution >= 4 is 0 Å². The highest BCUT2D eigenvalue weighted by Crippen LogP contribution is 2.45. The second kappa shape index (κ2) is 4.67. The van der Waals surface area contributed by atoms with E-state index in [1.165, 1.54) is 18.4 Å². The smallest absolute Gasteiger partial charge is 0.124 e. The highest BCUT2D eigenvalue weighted by atomic mass is 16.6. The molecule has 2 fully saturated rings. The van der Waals surface area contributed by atoms with Crippen molar-refractivity contribution in [2.75, 3.05) is 20.3 Å². The maximum atomic E-state index is 6.01. The number of epoxide rings is 1. The van der Waals surface area contributed by atoms with Crippen LogP contribution in [-0.4, -0.2) is 26.4 Å². The van der Waals surface area contributed by atoms with Crippen LogP contribution in [0.25, 0.3) is 0 Å². The zero-order valence-corrected chi connectivity index (χ0v) is 10.1. The van der Waals surface area contributed by atoms with Crippen molar-refractivity contribution in [3.63, 3.8) is 0 Å². The van der Waals surface area contributed by atoms with E-state index in [9.17, 15) is 0 Å². The molecule has 1 saturated heterocycles. The first kappa shape index (κ1) is 11.1. The minimum atomic E-state index is 0.176. The lowest BCUT2D eigenvalue weighted by atomic mass is 10.0. The van der Waals surface area contributed by atoms with Crippen LogP contribution in [0.1, 0.15) is 24.5 Å². The summed E-state index contributed by atoms with van der Waals surface area (Å²) >= 11 is 0. The van der Waals surface area contributed by atoms with E-state index in [1.54, 1.807) is 7.11 Å². The Hall–Kier alpha value is -1.06. The van der Waals surface area contributed by atoms with Crippen molar-refractivity contribution in [2.24, 2.45) is 5.92 Å². The van der Waals surface area contributed by atoms with Gasteiger partial charge in [-0.05, 0) is 24.8 Å². The van der Waals surface area contributed by atoms with Crippen LogP contribution in [0.5, 0.6) is 5.75 Å². The topological polar surface area (TPSA) is 31.0 Å². The molecule has 1 aromatic carbocycles. The number of benzene rings is 1. The van der Waals surface area contributed by atoms with E-state index >= 15 is 0 Å². The van der Waals surface area contributed by atoms with E-state index in [1.807, 2.05) is 18.2 Å². The van der Waals surface area contributed by atoms with Crippen LogP contribution in [0.15, 0.2) is 24.3 Å². The molecule has 0 N–H and O–H groups in total. The highest BCUT2D eigenvalue weighted by Gasteiger charge is 2.36. The summed E-state index contributed by atoms with van der Waals surface area (Å²) in [5.74, 6) is 1.59. The van der Waals surface area contributed by atoms with Crippen molar-refractivity contribution in [1.82, 2.24) is 0 Å². The average Bonchev–Trinajstić information content (AvgIpc) is 3.23. The van der Waals surface area contributed by atoms with E-state index in [2.05, 4.69) is 6.07 Å². The maximum absolute atomic E-state index is 6.01. The van der Waals surface area contributed by atoms with Crippen molar-refractivity contribution in [2.45, 2.75) is 25.0 Å². The molecule has 1 saturated carbocycles. The van der Waals surface area contributed by atoms with Crippen molar-refractivity contribution in [3.05, 3.63) is 29.8 Å². The molecule has 0 bridgehead atoms. The second-order valence-electron chi connectivity index (χ2n) is 4.79. The van der Waals surface area contributed by atoms with Gasteiger partial charge in [0.25, 0.3) is 0 Å². The molecule has 1 aromatic rings. The molecule has 3 rings (SSSR count). The minimum Gasteiger partial charge on any atom is -0.496 e. The van der Waals surface area contributed by atoms with Crippen LogP contribution < -0.4 is 4.74 Å². The Morgan fingerprint density at radius 3 is 2.76 bits per heavy atom. The molecule has 0 spiro atoms. The number of methoxy groups -OCH3 is 1. The molecule has 0 amide bonds. The van der Waals surface area contributed by atoms with Gasteiger partial charge in [0.2, 0.25) is 0 Å². The Morgan fingerprint density at radius 1 is 1.35 bits per heavy atom. The summed E-state index contributed by atoms with van der Waals surface area (Å²) in [7, 11) is 1.72. The standard InChI is InChI=1S/C14H18O3/c1-15-13-5-3-2-4-12(13)14(10-6-7-10)17-9-11-8-16-11/h2-5,10-11,14H,6-9H2,1H3. The monoisotopic (exact) mass is 234 g/mol. The first-order valence-corrected chi connectivity index (χ1v) is 6.24. The Bertz CT molecular complexity index is 383. The normalized spacial score (nSPS) is 24.4. The molecule has 2 atom stereocenters. The van der Waals surface area contributed by atoms with Crippen LogP contribution in [0.2, 0.25) is 0 Å². The van der Waals surface area contributed by atoms with Gasteiger partial charge in [-0.15, -0.1) is 0 Å². The number of hydrogen-bond donors (Lipinski definition) is 0. The largest absolute Gasteiger partial charge is 0.496 e. The molecule has 92 valence electrons. The summed E-state index contributed by atoms with van der Waals surface area (Å²) in [5.41, 5.74) is 1.18. The first-order chi connectivity index (χ1) is 8.38. The average molecular weight is 234 g/mol. The summed E-state index contributed by atoms with van der Waals surface area (Å²) in [6, 6.07) is 8.15. The zero-order valence-electron chi connectivity index (χ0n) is 10.1. The molecule has 1 aliphatic carbocycles. The van der Waals surface area contributed by atoms with Gasteiger partial charge < -0.3 is 14.2 Å². The third kappa shape index (κ3) is 2.61. The molecule has 2 aliphatic rings. The molecule has 3 heteroatoms. The predicted molar refractivity (Wildman–Crippen MR) is 64.2 cm³/mol. The third-order valence-corrected chi connectivity index (χ3v) is 3.36. The predicted octanol–water partition coefficient (Wildman–Crippen LogP) is 2.56. The number of hydrogen-bond acceptors (Lipinski definition) is 3. The van der Waals surface area contributed by atoms with Gasteiger partial charge >= 0.3 is 0 Å². The van der Waals surface area contributed by atoms with Crippen LogP contribution in [0.4, 0.5) is 0 Å².